The lowest BCUT2D eigenvalue weighted by molar-refractivity contribution is 0.0748. The Labute approximate surface area is 124 Å². The molecule has 0 spiro atoms. The van der Waals surface area contributed by atoms with Crippen molar-refractivity contribution in [3.63, 3.8) is 0 Å². The summed E-state index contributed by atoms with van der Waals surface area (Å²) >= 11 is 0. The molecular formula is C17H18N2O2. The Balaban J connectivity index is 1.91. The molecule has 0 radical (unpaired) electrons. The maximum absolute atomic E-state index is 12.8. The summed E-state index contributed by atoms with van der Waals surface area (Å²) < 4.78 is 5.55. The van der Waals surface area contributed by atoms with Crippen molar-refractivity contribution in [3.8, 4) is 5.75 Å². The Kier molecular flexibility index (Phi) is 3.52. The molecule has 0 fully saturated rings. The maximum atomic E-state index is 12.8. The molecule has 1 amide bonds. The van der Waals surface area contributed by atoms with Gasteiger partial charge in [-0.15, -0.1) is 0 Å². The second kappa shape index (κ2) is 5.48. The van der Waals surface area contributed by atoms with E-state index in [0.29, 0.717) is 36.7 Å². The van der Waals surface area contributed by atoms with Crippen molar-refractivity contribution in [1.82, 2.24) is 4.90 Å². The Morgan fingerprint density at radius 1 is 1.14 bits per heavy atom. The second-order valence-electron chi connectivity index (χ2n) is 5.08. The molecule has 2 aromatic carbocycles. The lowest BCUT2D eigenvalue weighted by Crippen LogP contribution is -2.26. The SMILES string of the molecule is CCOc1cccc(N)c1C(=O)N1Cc2ccccc2C1. The third-order valence-electron chi connectivity index (χ3n) is 3.70. The summed E-state index contributed by atoms with van der Waals surface area (Å²) in [5.41, 5.74) is 9.31. The molecule has 4 heteroatoms. The van der Waals surface area contributed by atoms with Crippen LogP contribution in [0.15, 0.2) is 42.5 Å². The lowest BCUT2D eigenvalue weighted by atomic mass is 10.1. The number of nitrogens with two attached hydrogens (primary N) is 1. The second-order valence-corrected chi connectivity index (χ2v) is 5.08. The zero-order chi connectivity index (χ0) is 14.8. The molecule has 108 valence electrons. The van der Waals surface area contributed by atoms with Crippen LogP contribution in [0.2, 0.25) is 0 Å². The van der Waals surface area contributed by atoms with Gasteiger partial charge in [-0.1, -0.05) is 30.3 Å². The lowest BCUT2D eigenvalue weighted by Gasteiger charge is -2.19. The molecule has 0 atom stereocenters. The van der Waals surface area contributed by atoms with Gasteiger partial charge in [0.15, 0.2) is 0 Å². The van der Waals surface area contributed by atoms with Crippen molar-refractivity contribution in [2.24, 2.45) is 0 Å². The van der Waals surface area contributed by atoms with Crippen LogP contribution in [0.5, 0.6) is 5.75 Å². The van der Waals surface area contributed by atoms with E-state index in [-0.39, 0.29) is 5.91 Å². The summed E-state index contributed by atoms with van der Waals surface area (Å²) in [6.07, 6.45) is 0. The molecule has 3 rings (SSSR count). The first kappa shape index (κ1) is 13.5. The number of anilines is 1. The molecule has 0 unspecified atom stereocenters. The van der Waals surface area contributed by atoms with Gasteiger partial charge in [0.05, 0.1) is 6.61 Å². The predicted octanol–water partition coefficient (Wildman–Crippen LogP) is 2.82. The standard InChI is InChI=1S/C17H18N2O2/c1-2-21-15-9-5-8-14(18)16(15)17(20)19-10-12-6-3-4-7-13(12)11-19/h3-9H,2,10-11,18H2,1H3. The molecule has 1 heterocycles. The van der Waals surface area contributed by atoms with Gasteiger partial charge in [-0.2, -0.15) is 0 Å². The normalized spacial score (nSPS) is 13.1. The highest BCUT2D eigenvalue weighted by Gasteiger charge is 2.27. The topological polar surface area (TPSA) is 55.6 Å². The first-order chi connectivity index (χ1) is 10.2. The molecule has 0 aliphatic carbocycles. The fourth-order valence-corrected chi connectivity index (χ4v) is 2.69. The largest absolute Gasteiger partial charge is 0.493 e. The molecule has 1 aliphatic heterocycles. The van der Waals surface area contributed by atoms with Crippen molar-refractivity contribution in [2.75, 3.05) is 12.3 Å². The van der Waals surface area contributed by atoms with Crippen LogP contribution >= 0.6 is 0 Å². The summed E-state index contributed by atoms with van der Waals surface area (Å²) in [5, 5.41) is 0. The van der Waals surface area contributed by atoms with Crippen LogP contribution in [0.1, 0.15) is 28.4 Å². The number of carbonyl (C=O) groups is 1. The van der Waals surface area contributed by atoms with Crippen molar-refractivity contribution in [1.29, 1.82) is 0 Å². The van der Waals surface area contributed by atoms with Gasteiger partial charge in [-0.3, -0.25) is 4.79 Å². The van der Waals surface area contributed by atoms with Gasteiger partial charge >= 0.3 is 0 Å². The Morgan fingerprint density at radius 2 is 1.81 bits per heavy atom. The quantitative estimate of drug-likeness (QED) is 0.881. The highest BCUT2D eigenvalue weighted by molar-refractivity contribution is 6.02. The molecule has 0 aromatic heterocycles. The van der Waals surface area contributed by atoms with Gasteiger partial charge in [0, 0.05) is 18.8 Å². The van der Waals surface area contributed by atoms with Gasteiger partial charge in [-0.25, -0.2) is 0 Å². The number of nitrogen functional groups attached to an aromatic ring is 1. The molecular weight excluding hydrogens is 264 g/mol. The van der Waals surface area contributed by atoms with Gasteiger partial charge in [0.1, 0.15) is 11.3 Å². The third-order valence-corrected chi connectivity index (χ3v) is 3.70. The van der Waals surface area contributed by atoms with Crippen LogP contribution in [-0.2, 0) is 13.1 Å². The first-order valence-electron chi connectivity index (χ1n) is 7.08. The first-order valence-corrected chi connectivity index (χ1v) is 7.08. The third kappa shape index (κ3) is 2.44. The minimum atomic E-state index is -0.0762. The number of nitrogens with zero attached hydrogens (tertiary/aromatic N) is 1. The minimum Gasteiger partial charge on any atom is -0.493 e. The molecule has 0 saturated carbocycles. The number of hydrogen-bond donors (Lipinski definition) is 1. The molecule has 2 N–H and O–H groups in total. The van der Waals surface area contributed by atoms with Crippen molar-refractivity contribution < 1.29 is 9.53 Å². The average Bonchev–Trinajstić information content (AvgIpc) is 2.91. The number of fused-ring (bicyclic) bond motifs is 1. The number of amides is 1. The molecule has 2 aromatic rings. The highest BCUT2D eigenvalue weighted by atomic mass is 16.5. The minimum absolute atomic E-state index is 0.0762. The Hall–Kier alpha value is -2.49. The fraction of sp³-hybridized carbons (Fsp3) is 0.235. The summed E-state index contributed by atoms with van der Waals surface area (Å²) in [5.74, 6) is 0.478. The van der Waals surface area contributed by atoms with Crippen LogP contribution in [0.4, 0.5) is 5.69 Å². The monoisotopic (exact) mass is 282 g/mol. The average molecular weight is 282 g/mol. The highest BCUT2D eigenvalue weighted by Crippen LogP contribution is 2.30. The molecule has 21 heavy (non-hydrogen) atoms. The van der Waals surface area contributed by atoms with E-state index in [2.05, 4.69) is 12.1 Å². The summed E-state index contributed by atoms with van der Waals surface area (Å²) in [6, 6.07) is 13.4. The van der Waals surface area contributed by atoms with Crippen LogP contribution in [0, 0.1) is 0 Å². The predicted molar refractivity (Wildman–Crippen MR) is 82.0 cm³/mol. The van der Waals surface area contributed by atoms with Crippen LogP contribution in [-0.4, -0.2) is 17.4 Å². The van der Waals surface area contributed by atoms with E-state index in [9.17, 15) is 4.79 Å². The molecule has 0 bridgehead atoms. The van der Waals surface area contributed by atoms with Gasteiger partial charge in [0.25, 0.3) is 5.91 Å². The molecule has 0 saturated heterocycles. The van der Waals surface area contributed by atoms with E-state index >= 15 is 0 Å². The number of hydrogen-bond acceptors (Lipinski definition) is 3. The molecule has 4 nitrogen and oxygen atoms in total. The van der Waals surface area contributed by atoms with Crippen molar-refractivity contribution in [3.05, 3.63) is 59.2 Å². The summed E-state index contributed by atoms with van der Waals surface area (Å²) in [7, 11) is 0. The van der Waals surface area contributed by atoms with E-state index in [0.717, 1.165) is 0 Å². The maximum Gasteiger partial charge on any atom is 0.260 e. The van der Waals surface area contributed by atoms with Gasteiger partial charge in [0.2, 0.25) is 0 Å². The van der Waals surface area contributed by atoms with E-state index in [1.807, 2.05) is 19.1 Å². The Bertz CT molecular complexity index is 657. The van der Waals surface area contributed by atoms with Crippen LogP contribution in [0.25, 0.3) is 0 Å². The number of carbonyl (C=O) groups excluding carboxylic acids is 1. The van der Waals surface area contributed by atoms with Crippen molar-refractivity contribution in [2.45, 2.75) is 20.0 Å². The van der Waals surface area contributed by atoms with E-state index in [1.54, 1.807) is 23.1 Å². The molecule has 1 aliphatic rings. The number of benzene rings is 2. The van der Waals surface area contributed by atoms with Gasteiger partial charge < -0.3 is 15.4 Å². The van der Waals surface area contributed by atoms with Crippen LogP contribution in [0.3, 0.4) is 0 Å². The number of ether oxygens (including phenoxy) is 1. The van der Waals surface area contributed by atoms with Crippen molar-refractivity contribution >= 4 is 11.6 Å². The van der Waals surface area contributed by atoms with E-state index in [4.69, 9.17) is 10.5 Å². The summed E-state index contributed by atoms with van der Waals surface area (Å²) in [4.78, 5) is 14.6. The summed E-state index contributed by atoms with van der Waals surface area (Å²) in [6.45, 7) is 3.64. The van der Waals surface area contributed by atoms with E-state index in [1.165, 1.54) is 11.1 Å². The fourth-order valence-electron chi connectivity index (χ4n) is 2.69. The smallest absolute Gasteiger partial charge is 0.260 e. The van der Waals surface area contributed by atoms with E-state index < -0.39 is 0 Å². The Morgan fingerprint density at radius 3 is 2.43 bits per heavy atom. The number of rotatable bonds is 3. The zero-order valence-electron chi connectivity index (χ0n) is 12.0. The van der Waals surface area contributed by atoms with Crippen LogP contribution < -0.4 is 10.5 Å². The zero-order valence-corrected chi connectivity index (χ0v) is 12.0. The van der Waals surface area contributed by atoms with Gasteiger partial charge in [-0.05, 0) is 30.2 Å².